The molecule has 1 atom stereocenters. The Morgan fingerprint density at radius 3 is 2.28 bits per heavy atom. The third-order valence-electron chi connectivity index (χ3n) is 7.18. The van der Waals surface area contributed by atoms with Crippen LogP contribution >= 0.6 is 11.6 Å². The number of nitrogens with zero attached hydrogens (tertiary/aromatic N) is 4. The van der Waals surface area contributed by atoms with Gasteiger partial charge in [0.2, 0.25) is 0 Å². The Morgan fingerprint density at radius 1 is 0.872 bits per heavy atom. The molecule has 1 unspecified atom stereocenters. The molecule has 0 radical (unpaired) electrons. The van der Waals surface area contributed by atoms with E-state index in [9.17, 15) is 5.11 Å². The lowest BCUT2D eigenvalue weighted by Gasteiger charge is -2.37. The first-order valence-corrected chi connectivity index (χ1v) is 13.9. The lowest BCUT2D eigenvalue weighted by atomic mass is 10.0. The lowest BCUT2D eigenvalue weighted by Crippen LogP contribution is -2.49. The number of aliphatic hydroxyl groups is 1. The average molecular weight is 543 g/mol. The van der Waals surface area contributed by atoms with Crippen LogP contribution in [-0.4, -0.2) is 65.4 Å². The molecular weight excluding hydrogens is 508 g/mol. The Balaban J connectivity index is 1.29. The van der Waals surface area contributed by atoms with Gasteiger partial charge in [0.25, 0.3) is 0 Å². The van der Waals surface area contributed by atoms with Gasteiger partial charge >= 0.3 is 0 Å². The number of aliphatic hydroxyl groups excluding tert-OH is 1. The zero-order valence-corrected chi connectivity index (χ0v) is 23.3. The predicted octanol–water partition coefficient (Wildman–Crippen LogP) is 5.57. The molecule has 3 aromatic carbocycles. The van der Waals surface area contributed by atoms with E-state index in [1.807, 2.05) is 61.5 Å². The van der Waals surface area contributed by atoms with Crippen LogP contribution in [0.5, 0.6) is 5.75 Å². The van der Waals surface area contributed by atoms with Crippen LogP contribution in [0.3, 0.4) is 0 Å². The van der Waals surface area contributed by atoms with E-state index in [4.69, 9.17) is 26.3 Å². The van der Waals surface area contributed by atoms with E-state index in [0.29, 0.717) is 6.54 Å². The molecule has 2 heterocycles. The van der Waals surface area contributed by atoms with Crippen molar-refractivity contribution in [1.82, 2.24) is 14.9 Å². The maximum absolute atomic E-state index is 10.7. The van der Waals surface area contributed by atoms with Crippen molar-refractivity contribution < 1.29 is 9.84 Å². The Hall–Kier alpha value is -3.45. The Labute approximate surface area is 235 Å². The lowest BCUT2D eigenvalue weighted by molar-refractivity contribution is 0.0660. The third kappa shape index (κ3) is 6.95. The molecule has 1 aromatic heterocycles. The number of ether oxygens (including phenoxy) is 1. The largest absolute Gasteiger partial charge is 0.491 e. The summed E-state index contributed by atoms with van der Waals surface area (Å²) in [5.74, 6) is 2.55. The van der Waals surface area contributed by atoms with Crippen molar-refractivity contribution in [3.8, 4) is 17.1 Å². The van der Waals surface area contributed by atoms with Crippen LogP contribution in [0.2, 0.25) is 5.02 Å². The summed E-state index contributed by atoms with van der Waals surface area (Å²) in [7, 11) is 0. The van der Waals surface area contributed by atoms with Crippen LogP contribution in [0.15, 0.2) is 78.9 Å². The maximum atomic E-state index is 10.7. The van der Waals surface area contributed by atoms with Gasteiger partial charge < -0.3 is 14.7 Å². The Morgan fingerprint density at radius 2 is 1.56 bits per heavy atom. The molecule has 4 aromatic rings. The van der Waals surface area contributed by atoms with Crippen LogP contribution < -0.4 is 9.64 Å². The summed E-state index contributed by atoms with van der Waals surface area (Å²) in [6.45, 7) is 8.27. The maximum Gasteiger partial charge on any atom is 0.161 e. The molecule has 1 aliphatic rings. The monoisotopic (exact) mass is 542 g/mol. The Kier molecular flexibility index (Phi) is 8.77. The quantitative estimate of drug-likeness (QED) is 0.298. The molecule has 6 nitrogen and oxygen atoms in total. The van der Waals surface area contributed by atoms with E-state index in [1.54, 1.807) is 0 Å². The number of piperazine rings is 1. The highest BCUT2D eigenvalue weighted by molar-refractivity contribution is 6.30. The number of anilines is 1. The summed E-state index contributed by atoms with van der Waals surface area (Å²) in [5, 5.41) is 11.4. The number of rotatable bonds is 9. The molecule has 1 aliphatic heterocycles. The van der Waals surface area contributed by atoms with Crippen LogP contribution in [0, 0.1) is 13.8 Å². The van der Waals surface area contributed by atoms with Gasteiger partial charge in [0.05, 0.1) is 0 Å². The number of hydrogen-bond acceptors (Lipinski definition) is 6. The van der Waals surface area contributed by atoms with Crippen LogP contribution in [0.1, 0.15) is 22.4 Å². The fraction of sp³-hybridized carbons (Fsp3) is 0.312. The number of halogens is 1. The highest BCUT2D eigenvalue weighted by Gasteiger charge is 2.24. The van der Waals surface area contributed by atoms with E-state index < -0.39 is 6.10 Å². The van der Waals surface area contributed by atoms with Crippen molar-refractivity contribution in [3.63, 3.8) is 0 Å². The van der Waals surface area contributed by atoms with E-state index in [0.717, 1.165) is 77.4 Å². The first-order chi connectivity index (χ1) is 19.0. The van der Waals surface area contributed by atoms with Gasteiger partial charge in [0, 0.05) is 61.0 Å². The van der Waals surface area contributed by atoms with Gasteiger partial charge in [-0.05, 0) is 43.2 Å². The molecule has 202 valence electrons. The Bertz CT molecular complexity index is 1370. The van der Waals surface area contributed by atoms with Crippen LogP contribution in [0.25, 0.3) is 11.4 Å². The molecule has 5 rings (SSSR count). The second-order valence-electron chi connectivity index (χ2n) is 10.1. The van der Waals surface area contributed by atoms with E-state index in [2.05, 4.69) is 41.0 Å². The molecule has 1 N–H and O–H groups in total. The second kappa shape index (κ2) is 12.6. The summed E-state index contributed by atoms with van der Waals surface area (Å²) in [5.41, 5.74) is 5.38. The summed E-state index contributed by atoms with van der Waals surface area (Å²) in [6, 6.07) is 26.0. The predicted molar refractivity (Wildman–Crippen MR) is 158 cm³/mol. The molecule has 0 saturated carbocycles. The highest BCUT2D eigenvalue weighted by atomic mass is 35.5. The zero-order valence-electron chi connectivity index (χ0n) is 22.6. The summed E-state index contributed by atoms with van der Waals surface area (Å²) < 4.78 is 5.87. The van der Waals surface area contributed by atoms with Crippen LogP contribution in [0.4, 0.5) is 5.82 Å². The van der Waals surface area contributed by atoms with Crippen molar-refractivity contribution in [2.45, 2.75) is 26.4 Å². The van der Waals surface area contributed by atoms with Gasteiger partial charge in [-0.1, -0.05) is 72.3 Å². The van der Waals surface area contributed by atoms with Gasteiger partial charge in [0.15, 0.2) is 5.82 Å². The van der Waals surface area contributed by atoms with Gasteiger partial charge in [-0.25, -0.2) is 9.97 Å². The smallest absolute Gasteiger partial charge is 0.161 e. The van der Waals surface area contributed by atoms with Crippen molar-refractivity contribution in [3.05, 3.63) is 106 Å². The third-order valence-corrected chi connectivity index (χ3v) is 7.44. The molecule has 0 aliphatic carbocycles. The molecule has 1 saturated heterocycles. The number of para-hydroxylation sites is 1. The van der Waals surface area contributed by atoms with E-state index in [1.165, 1.54) is 5.56 Å². The average Bonchev–Trinajstić information content (AvgIpc) is 2.95. The first-order valence-electron chi connectivity index (χ1n) is 13.5. The van der Waals surface area contributed by atoms with Crippen molar-refractivity contribution in [1.29, 1.82) is 0 Å². The summed E-state index contributed by atoms with van der Waals surface area (Å²) in [4.78, 5) is 14.7. The molecule has 39 heavy (non-hydrogen) atoms. The minimum Gasteiger partial charge on any atom is -0.491 e. The number of hydrogen-bond donors (Lipinski definition) is 1. The molecule has 1 fully saturated rings. The zero-order chi connectivity index (χ0) is 27.2. The van der Waals surface area contributed by atoms with E-state index >= 15 is 0 Å². The SMILES string of the molecule is Cc1ccccc1OCC(O)CN1CCN(c2nc(-c3ccccc3)nc(C)c2Cc2ccc(Cl)cc2)CC1. The highest BCUT2D eigenvalue weighted by Crippen LogP contribution is 2.29. The summed E-state index contributed by atoms with van der Waals surface area (Å²) in [6.07, 6.45) is 0.186. The van der Waals surface area contributed by atoms with Crippen molar-refractivity contribution >= 4 is 17.4 Å². The molecule has 0 bridgehead atoms. The first kappa shape index (κ1) is 27.1. The fourth-order valence-electron chi connectivity index (χ4n) is 4.97. The topological polar surface area (TPSA) is 61.7 Å². The molecule has 7 heteroatoms. The number of benzene rings is 3. The van der Waals surface area contributed by atoms with Gasteiger partial charge in [-0.3, -0.25) is 4.90 Å². The molecular formula is C32H35ClN4O2. The number of β-amino-alcohol motifs (C(OH)–C–C–N with tert-alkyl or cyclic N) is 1. The van der Waals surface area contributed by atoms with Gasteiger partial charge in [0.1, 0.15) is 24.3 Å². The second-order valence-corrected chi connectivity index (χ2v) is 10.6. The van der Waals surface area contributed by atoms with Gasteiger partial charge in [-0.2, -0.15) is 0 Å². The van der Waals surface area contributed by atoms with Gasteiger partial charge in [-0.15, -0.1) is 0 Å². The molecule has 0 amide bonds. The normalized spacial score (nSPS) is 14.8. The van der Waals surface area contributed by atoms with Crippen molar-refractivity contribution in [2.75, 3.05) is 44.2 Å². The van der Waals surface area contributed by atoms with E-state index in [-0.39, 0.29) is 6.61 Å². The van der Waals surface area contributed by atoms with Crippen LogP contribution in [-0.2, 0) is 6.42 Å². The fourth-order valence-corrected chi connectivity index (χ4v) is 5.10. The standard InChI is InChI=1S/C32H35ClN4O2/c1-23-8-6-7-11-30(23)39-22-28(38)21-36-16-18-37(19-17-36)32-29(20-25-12-14-27(33)15-13-25)24(2)34-31(35-32)26-9-4-3-5-10-26/h3-15,28,38H,16-22H2,1-2H3. The number of aromatic nitrogens is 2. The molecule has 0 spiro atoms. The summed E-state index contributed by atoms with van der Waals surface area (Å²) >= 11 is 6.13. The number of aryl methyl sites for hydroxylation is 2. The minimum atomic E-state index is -0.553. The van der Waals surface area contributed by atoms with Crippen molar-refractivity contribution in [2.24, 2.45) is 0 Å². The minimum absolute atomic E-state index is 0.280.